The van der Waals surface area contributed by atoms with Crippen LogP contribution in [-0.2, 0) is 16.0 Å². The molecular formula is C19H21ClN2O2. The van der Waals surface area contributed by atoms with Crippen LogP contribution < -0.4 is 10.6 Å². The first-order valence-electron chi connectivity index (χ1n) is 7.89. The SMILES string of the molecule is CCC(NC(=O)Cc1ccc(NC(C)=O)cc1)c1ccc(Cl)cc1. The lowest BCUT2D eigenvalue weighted by Crippen LogP contribution is -2.29. The molecular weight excluding hydrogens is 324 g/mol. The zero-order valence-electron chi connectivity index (χ0n) is 13.8. The van der Waals surface area contributed by atoms with Crippen LogP contribution in [0.5, 0.6) is 0 Å². The summed E-state index contributed by atoms with van der Waals surface area (Å²) in [5.41, 5.74) is 2.66. The second-order valence-electron chi connectivity index (χ2n) is 5.63. The molecule has 0 fully saturated rings. The van der Waals surface area contributed by atoms with Gasteiger partial charge in [0.05, 0.1) is 12.5 Å². The van der Waals surface area contributed by atoms with Gasteiger partial charge in [0.15, 0.2) is 0 Å². The van der Waals surface area contributed by atoms with Crippen molar-refractivity contribution in [3.63, 3.8) is 0 Å². The highest BCUT2D eigenvalue weighted by Gasteiger charge is 2.13. The van der Waals surface area contributed by atoms with E-state index in [4.69, 9.17) is 11.6 Å². The second kappa shape index (κ2) is 8.50. The molecule has 126 valence electrons. The summed E-state index contributed by atoms with van der Waals surface area (Å²) in [7, 11) is 0. The second-order valence-corrected chi connectivity index (χ2v) is 6.07. The number of anilines is 1. The van der Waals surface area contributed by atoms with Crippen molar-refractivity contribution in [1.82, 2.24) is 5.32 Å². The summed E-state index contributed by atoms with van der Waals surface area (Å²) in [5.74, 6) is -0.154. The number of amides is 2. The normalized spacial score (nSPS) is 11.6. The smallest absolute Gasteiger partial charge is 0.224 e. The zero-order valence-corrected chi connectivity index (χ0v) is 14.6. The van der Waals surface area contributed by atoms with Gasteiger partial charge in [0, 0.05) is 17.6 Å². The third-order valence-electron chi connectivity index (χ3n) is 3.65. The standard InChI is InChI=1S/C19H21ClN2O2/c1-3-18(15-6-8-16(20)9-7-15)22-19(24)12-14-4-10-17(11-5-14)21-13(2)23/h4-11,18H,3,12H2,1-2H3,(H,21,23)(H,22,24). The minimum atomic E-state index is -0.116. The summed E-state index contributed by atoms with van der Waals surface area (Å²) in [5, 5.41) is 6.43. The molecule has 0 saturated heterocycles. The fraction of sp³-hybridized carbons (Fsp3) is 0.263. The lowest BCUT2D eigenvalue weighted by atomic mass is 10.0. The Morgan fingerprint density at radius 1 is 1.04 bits per heavy atom. The van der Waals surface area contributed by atoms with Gasteiger partial charge < -0.3 is 10.6 Å². The lowest BCUT2D eigenvalue weighted by Gasteiger charge is -2.17. The van der Waals surface area contributed by atoms with Crippen LogP contribution in [0.4, 0.5) is 5.69 Å². The third-order valence-corrected chi connectivity index (χ3v) is 3.91. The average Bonchev–Trinajstić information content (AvgIpc) is 2.55. The molecule has 2 N–H and O–H groups in total. The minimum Gasteiger partial charge on any atom is -0.349 e. The van der Waals surface area contributed by atoms with Crippen LogP contribution in [0, 0.1) is 0 Å². The van der Waals surface area contributed by atoms with Crippen LogP contribution in [0.2, 0.25) is 5.02 Å². The first-order chi connectivity index (χ1) is 11.5. The van der Waals surface area contributed by atoms with Gasteiger partial charge >= 0.3 is 0 Å². The minimum absolute atomic E-state index is 0.0339. The van der Waals surface area contributed by atoms with Crippen molar-refractivity contribution in [1.29, 1.82) is 0 Å². The van der Waals surface area contributed by atoms with Gasteiger partial charge in [-0.15, -0.1) is 0 Å². The van der Waals surface area contributed by atoms with E-state index >= 15 is 0 Å². The quantitative estimate of drug-likeness (QED) is 0.828. The molecule has 1 atom stereocenters. The molecule has 0 bridgehead atoms. The maximum Gasteiger partial charge on any atom is 0.224 e. The van der Waals surface area contributed by atoms with Crippen molar-refractivity contribution < 1.29 is 9.59 Å². The van der Waals surface area contributed by atoms with Gasteiger partial charge in [-0.25, -0.2) is 0 Å². The van der Waals surface area contributed by atoms with Crippen molar-refractivity contribution in [2.24, 2.45) is 0 Å². The van der Waals surface area contributed by atoms with Gasteiger partial charge in [-0.05, 0) is 41.8 Å². The van der Waals surface area contributed by atoms with Crippen LogP contribution in [0.15, 0.2) is 48.5 Å². The van der Waals surface area contributed by atoms with Gasteiger partial charge in [0.1, 0.15) is 0 Å². The molecule has 1 unspecified atom stereocenters. The first kappa shape index (κ1) is 18.0. The molecule has 2 aromatic carbocycles. The molecule has 4 nitrogen and oxygen atoms in total. The third kappa shape index (κ3) is 5.39. The van der Waals surface area contributed by atoms with Crippen molar-refractivity contribution in [3.05, 3.63) is 64.7 Å². The van der Waals surface area contributed by atoms with Crippen LogP contribution in [0.25, 0.3) is 0 Å². The molecule has 0 aromatic heterocycles. The number of carbonyl (C=O) groups excluding carboxylic acids is 2. The van der Waals surface area contributed by atoms with E-state index in [9.17, 15) is 9.59 Å². The summed E-state index contributed by atoms with van der Waals surface area (Å²) >= 11 is 5.90. The predicted molar refractivity (Wildman–Crippen MR) is 97.1 cm³/mol. The van der Waals surface area contributed by atoms with Crippen LogP contribution in [0.1, 0.15) is 37.4 Å². The summed E-state index contributed by atoms with van der Waals surface area (Å²) in [6.07, 6.45) is 1.10. The first-order valence-corrected chi connectivity index (χ1v) is 8.27. The Morgan fingerprint density at radius 2 is 1.67 bits per heavy atom. The van der Waals surface area contributed by atoms with Crippen molar-refractivity contribution >= 4 is 29.1 Å². The topological polar surface area (TPSA) is 58.2 Å². The molecule has 0 heterocycles. The molecule has 0 aliphatic rings. The Balaban J connectivity index is 1.96. The monoisotopic (exact) mass is 344 g/mol. The molecule has 2 rings (SSSR count). The van der Waals surface area contributed by atoms with Crippen LogP contribution in [0.3, 0.4) is 0 Å². The average molecular weight is 345 g/mol. The van der Waals surface area contributed by atoms with Gasteiger partial charge in [-0.3, -0.25) is 9.59 Å². The number of rotatable bonds is 6. The molecule has 0 spiro atoms. The summed E-state index contributed by atoms with van der Waals surface area (Å²) in [4.78, 5) is 23.3. The molecule has 24 heavy (non-hydrogen) atoms. The van der Waals surface area contributed by atoms with Crippen LogP contribution in [-0.4, -0.2) is 11.8 Å². The molecule has 2 amide bonds. The number of hydrogen-bond donors (Lipinski definition) is 2. The molecule has 0 aliphatic heterocycles. The fourth-order valence-corrected chi connectivity index (χ4v) is 2.58. The largest absolute Gasteiger partial charge is 0.349 e. The number of halogens is 1. The Kier molecular flexibility index (Phi) is 6.38. The van der Waals surface area contributed by atoms with E-state index in [0.29, 0.717) is 11.4 Å². The Hall–Kier alpha value is -2.33. The van der Waals surface area contributed by atoms with Gasteiger partial charge in [-0.2, -0.15) is 0 Å². The van der Waals surface area contributed by atoms with Crippen LogP contribution >= 0.6 is 11.6 Å². The van der Waals surface area contributed by atoms with E-state index in [1.54, 1.807) is 12.1 Å². The molecule has 2 aromatic rings. The molecule has 0 aliphatic carbocycles. The Morgan fingerprint density at radius 3 is 2.21 bits per heavy atom. The van der Waals surface area contributed by atoms with E-state index in [1.165, 1.54) is 6.92 Å². The molecule has 0 saturated carbocycles. The van der Waals surface area contributed by atoms with E-state index in [1.807, 2.05) is 43.3 Å². The van der Waals surface area contributed by atoms with Crippen molar-refractivity contribution in [2.45, 2.75) is 32.7 Å². The highest BCUT2D eigenvalue weighted by atomic mass is 35.5. The molecule has 5 heteroatoms. The van der Waals surface area contributed by atoms with E-state index in [0.717, 1.165) is 23.2 Å². The highest BCUT2D eigenvalue weighted by molar-refractivity contribution is 6.30. The Labute approximate surface area is 147 Å². The lowest BCUT2D eigenvalue weighted by molar-refractivity contribution is -0.121. The molecule has 0 radical (unpaired) electrons. The van der Waals surface area contributed by atoms with Crippen molar-refractivity contribution in [3.8, 4) is 0 Å². The maximum absolute atomic E-state index is 12.3. The fourth-order valence-electron chi connectivity index (χ4n) is 2.46. The Bertz CT molecular complexity index is 696. The van der Waals surface area contributed by atoms with E-state index in [-0.39, 0.29) is 17.9 Å². The predicted octanol–water partition coefficient (Wildman–Crippen LogP) is 4.11. The van der Waals surface area contributed by atoms with Gasteiger partial charge in [0.2, 0.25) is 11.8 Å². The number of hydrogen-bond acceptors (Lipinski definition) is 2. The van der Waals surface area contributed by atoms with Crippen molar-refractivity contribution in [2.75, 3.05) is 5.32 Å². The summed E-state index contributed by atoms with van der Waals surface area (Å²) in [6, 6.07) is 14.7. The van der Waals surface area contributed by atoms with Gasteiger partial charge in [0.25, 0.3) is 0 Å². The number of nitrogens with one attached hydrogen (secondary N) is 2. The number of benzene rings is 2. The number of carbonyl (C=O) groups is 2. The van der Waals surface area contributed by atoms with Gasteiger partial charge in [-0.1, -0.05) is 42.8 Å². The highest BCUT2D eigenvalue weighted by Crippen LogP contribution is 2.19. The maximum atomic E-state index is 12.3. The zero-order chi connectivity index (χ0) is 17.5. The summed E-state index contributed by atoms with van der Waals surface area (Å²) < 4.78 is 0. The van der Waals surface area contributed by atoms with E-state index in [2.05, 4.69) is 10.6 Å². The van der Waals surface area contributed by atoms with E-state index < -0.39 is 0 Å². The summed E-state index contributed by atoms with van der Waals surface area (Å²) in [6.45, 7) is 3.49.